The van der Waals surface area contributed by atoms with Crippen molar-refractivity contribution < 1.29 is 4.74 Å². The Morgan fingerprint density at radius 3 is 2.79 bits per heavy atom. The zero-order valence-corrected chi connectivity index (χ0v) is 12.5. The summed E-state index contributed by atoms with van der Waals surface area (Å²) in [7, 11) is 1.97. The summed E-state index contributed by atoms with van der Waals surface area (Å²) < 4.78 is 5.65. The van der Waals surface area contributed by atoms with Gasteiger partial charge in [-0.3, -0.25) is 0 Å². The highest BCUT2D eigenvalue weighted by Crippen LogP contribution is 2.23. The molecule has 1 fully saturated rings. The van der Waals surface area contributed by atoms with E-state index in [9.17, 15) is 0 Å². The molecule has 0 amide bonds. The van der Waals surface area contributed by atoms with Gasteiger partial charge in [0.15, 0.2) is 5.82 Å². The first-order chi connectivity index (χ1) is 9.00. The number of nitrogens with two attached hydrogens (primary N) is 1. The van der Waals surface area contributed by atoms with Crippen LogP contribution in [0.25, 0.3) is 0 Å². The predicted octanol–water partition coefficient (Wildman–Crippen LogP) is 1.34. The van der Waals surface area contributed by atoms with Crippen molar-refractivity contribution in [3.05, 3.63) is 16.8 Å². The van der Waals surface area contributed by atoms with Crippen LogP contribution in [0.2, 0.25) is 0 Å². The fourth-order valence-corrected chi connectivity index (χ4v) is 2.58. The fourth-order valence-electron chi connectivity index (χ4n) is 2.34. The Hall–Kier alpha value is -1.27. The van der Waals surface area contributed by atoms with E-state index in [-0.39, 0.29) is 6.10 Å². The monoisotopic (exact) mass is 280 g/mol. The molecule has 0 aliphatic carbocycles. The van der Waals surface area contributed by atoms with Crippen molar-refractivity contribution in [2.75, 3.05) is 25.1 Å². The van der Waals surface area contributed by atoms with Gasteiger partial charge in [0.2, 0.25) is 0 Å². The number of aromatic nitrogens is 2. The van der Waals surface area contributed by atoms with Crippen molar-refractivity contribution in [1.29, 1.82) is 0 Å². The van der Waals surface area contributed by atoms with Crippen molar-refractivity contribution in [3.63, 3.8) is 0 Å². The van der Waals surface area contributed by atoms with Gasteiger partial charge in [0, 0.05) is 20.2 Å². The molecule has 1 aliphatic rings. The van der Waals surface area contributed by atoms with Crippen molar-refractivity contribution in [2.24, 2.45) is 5.73 Å². The van der Waals surface area contributed by atoms with Crippen molar-refractivity contribution in [3.8, 4) is 0 Å². The number of thiocarbonyl (C=S) groups is 1. The second-order valence-electron chi connectivity index (χ2n) is 4.99. The predicted molar refractivity (Wildman–Crippen MR) is 79.6 cm³/mol. The van der Waals surface area contributed by atoms with Crippen molar-refractivity contribution in [1.82, 2.24) is 10.2 Å². The molecule has 0 bridgehead atoms. The minimum absolute atomic E-state index is 0.257. The Morgan fingerprint density at radius 1 is 1.47 bits per heavy atom. The molecule has 0 radical (unpaired) electrons. The SMILES string of the molecule is Cc1nnc(N(C)CC2CCCO2)c(C(N)=S)c1C. The third-order valence-electron chi connectivity index (χ3n) is 3.55. The van der Waals surface area contributed by atoms with Crippen LogP contribution in [0.5, 0.6) is 0 Å². The zero-order chi connectivity index (χ0) is 14.0. The Bertz CT molecular complexity index is 486. The van der Waals surface area contributed by atoms with E-state index < -0.39 is 0 Å². The molecule has 1 atom stereocenters. The molecule has 2 heterocycles. The third kappa shape index (κ3) is 3.01. The molecule has 19 heavy (non-hydrogen) atoms. The van der Waals surface area contributed by atoms with Crippen LogP contribution in [0.15, 0.2) is 0 Å². The summed E-state index contributed by atoms with van der Waals surface area (Å²) in [6.45, 7) is 5.52. The molecule has 1 aromatic heterocycles. The molecule has 0 aromatic carbocycles. The maximum atomic E-state index is 5.84. The number of rotatable bonds is 4. The average Bonchev–Trinajstić information content (AvgIpc) is 2.84. The van der Waals surface area contributed by atoms with E-state index in [2.05, 4.69) is 10.2 Å². The van der Waals surface area contributed by atoms with Gasteiger partial charge >= 0.3 is 0 Å². The maximum Gasteiger partial charge on any atom is 0.161 e. The first kappa shape index (κ1) is 14.1. The molecule has 2 rings (SSSR count). The highest BCUT2D eigenvalue weighted by Gasteiger charge is 2.22. The third-order valence-corrected chi connectivity index (χ3v) is 3.75. The van der Waals surface area contributed by atoms with E-state index in [1.54, 1.807) is 0 Å². The van der Waals surface area contributed by atoms with E-state index in [0.29, 0.717) is 4.99 Å². The first-order valence-electron chi connectivity index (χ1n) is 6.47. The van der Waals surface area contributed by atoms with Crippen molar-refractivity contribution >= 4 is 23.0 Å². The lowest BCUT2D eigenvalue weighted by Gasteiger charge is -2.24. The van der Waals surface area contributed by atoms with Crippen LogP contribution < -0.4 is 10.6 Å². The molecular weight excluding hydrogens is 260 g/mol. The van der Waals surface area contributed by atoms with Crippen LogP contribution in [0.1, 0.15) is 29.7 Å². The van der Waals surface area contributed by atoms with Gasteiger partial charge in [-0.2, -0.15) is 5.10 Å². The largest absolute Gasteiger partial charge is 0.389 e. The molecular formula is C13H20N4OS. The van der Waals surface area contributed by atoms with E-state index in [1.807, 2.05) is 25.8 Å². The molecule has 0 spiro atoms. The Kier molecular flexibility index (Phi) is 4.31. The number of likely N-dealkylation sites (N-methyl/N-ethyl adjacent to an activating group) is 1. The summed E-state index contributed by atoms with van der Waals surface area (Å²) in [5.74, 6) is 0.742. The van der Waals surface area contributed by atoms with E-state index in [1.165, 1.54) is 0 Å². The summed E-state index contributed by atoms with van der Waals surface area (Å²) in [4.78, 5) is 2.40. The topological polar surface area (TPSA) is 64.3 Å². The van der Waals surface area contributed by atoms with Crippen LogP contribution in [-0.4, -0.2) is 41.5 Å². The zero-order valence-electron chi connectivity index (χ0n) is 11.6. The highest BCUT2D eigenvalue weighted by molar-refractivity contribution is 7.80. The van der Waals surface area contributed by atoms with E-state index >= 15 is 0 Å². The minimum atomic E-state index is 0.257. The van der Waals surface area contributed by atoms with E-state index in [4.69, 9.17) is 22.7 Å². The molecule has 5 nitrogen and oxygen atoms in total. The van der Waals surface area contributed by atoms with Crippen molar-refractivity contribution in [2.45, 2.75) is 32.8 Å². The standard InChI is InChI=1S/C13H20N4OS/c1-8-9(2)15-16-13(11(8)12(14)19)17(3)7-10-5-4-6-18-10/h10H,4-7H2,1-3H3,(H2,14,19). The van der Waals surface area contributed by atoms with Crippen LogP contribution in [0, 0.1) is 13.8 Å². The highest BCUT2D eigenvalue weighted by atomic mass is 32.1. The number of anilines is 1. The number of aryl methyl sites for hydroxylation is 1. The van der Waals surface area contributed by atoms with Gasteiger partial charge in [-0.25, -0.2) is 0 Å². The fraction of sp³-hybridized carbons (Fsp3) is 0.615. The van der Waals surface area contributed by atoms with Gasteiger partial charge in [0.05, 0.1) is 17.4 Å². The molecule has 6 heteroatoms. The van der Waals surface area contributed by atoms with Crippen LogP contribution >= 0.6 is 12.2 Å². The molecule has 104 valence electrons. The lowest BCUT2D eigenvalue weighted by atomic mass is 10.1. The Morgan fingerprint density at radius 2 is 2.21 bits per heavy atom. The van der Waals surface area contributed by atoms with Gasteiger partial charge in [0.25, 0.3) is 0 Å². The Labute approximate surface area is 119 Å². The second kappa shape index (κ2) is 5.79. The summed E-state index contributed by atoms with van der Waals surface area (Å²) in [6, 6.07) is 0. The number of nitrogens with zero attached hydrogens (tertiary/aromatic N) is 3. The van der Waals surface area contributed by atoms with Gasteiger partial charge in [-0.1, -0.05) is 12.2 Å². The Balaban J connectivity index is 2.27. The summed E-state index contributed by atoms with van der Waals surface area (Å²) in [5, 5.41) is 8.42. The van der Waals surface area contributed by atoms with Gasteiger partial charge in [-0.05, 0) is 32.3 Å². The minimum Gasteiger partial charge on any atom is -0.389 e. The van der Waals surface area contributed by atoms with Crippen LogP contribution in [0.4, 0.5) is 5.82 Å². The number of hydrogen-bond donors (Lipinski definition) is 1. The second-order valence-corrected chi connectivity index (χ2v) is 5.43. The van der Waals surface area contributed by atoms with Gasteiger partial charge in [-0.15, -0.1) is 5.10 Å². The quantitative estimate of drug-likeness (QED) is 0.840. The molecule has 2 N–H and O–H groups in total. The lowest BCUT2D eigenvalue weighted by Crippen LogP contribution is -2.32. The van der Waals surface area contributed by atoms with Crippen LogP contribution in [-0.2, 0) is 4.74 Å². The number of hydrogen-bond acceptors (Lipinski definition) is 5. The van der Waals surface area contributed by atoms with Gasteiger partial charge in [0.1, 0.15) is 4.99 Å². The average molecular weight is 280 g/mol. The number of ether oxygens (including phenoxy) is 1. The molecule has 0 saturated carbocycles. The smallest absolute Gasteiger partial charge is 0.161 e. The molecule has 1 aromatic rings. The normalized spacial score (nSPS) is 18.6. The molecule has 1 unspecified atom stereocenters. The molecule has 1 aliphatic heterocycles. The summed E-state index contributed by atoms with van der Waals surface area (Å²) in [6.07, 6.45) is 2.47. The van der Waals surface area contributed by atoms with Crippen LogP contribution in [0.3, 0.4) is 0 Å². The lowest BCUT2D eigenvalue weighted by molar-refractivity contribution is 0.116. The summed E-state index contributed by atoms with van der Waals surface area (Å²) >= 11 is 5.15. The summed E-state index contributed by atoms with van der Waals surface area (Å²) in [5.41, 5.74) is 8.51. The van der Waals surface area contributed by atoms with E-state index in [0.717, 1.165) is 48.6 Å². The maximum absolute atomic E-state index is 5.84. The first-order valence-corrected chi connectivity index (χ1v) is 6.88. The molecule has 1 saturated heterocycles. The van der Waals surface area contributed by atoms with Gasteiger partial charge < -0.3 is 15.4 Å².